The monoisotopic (exact) mass is 156 g/mol. The zero-order chi connectivity index (χ0) is 8.65. The van der Waals surface area contributed by atoms with Crippen molar-refractivity contribution in [2.24, 2.45) is 0 Å². The number of hydrogen-bond donors (Lipinski definition) is 2. The molecule has 0 saturated heterocycles. The highest BCUT2D eigenvalue weighted by molar-refractivity contribution is 5.99. The van der Waals surface area contributed by atoms with E-state index in [1.807, 2.05) is 0 Å². The van der Waals surface area contributed by atoms with Gasteiger partial charge >= 0.3 is 0 Å². The molecule has 0 amide bonds. The Bertz CT molecular complexity index is 225. The third-order valence-electron chi connectivity index (χ3n) is 2.18. The molecule has 0 aromatic carbocycles. The van der Waals surface area contributed by atoms with Gasteiger partial charge in [0.2, 0.25) is 0 Å². The predicted octanol–water partition coefficient (Wildman–Crippen LogP) is 0.0190. The summed E-state index contributed by atoms with van der Waals surface area (Å²) >= 11 is 0. The van der Waals surface area contributed by atoms with Crippen LogP contribution < -0.4 is 0 Å². The first kappa shape index (κ1) is 8.43. The molecule has 0 unspecified atom stereocenters. The summed E-state index contributed by atoms with van der Waals surface area (Å²) in [6, 6.07) is 0. The minimum atomic E-state index is -1.12. The van der Waals surface area contributed by atoms with E-state index in [4.69, 9.17) is 5.11 Å². The number of Topliss-reactive ketones (excluding diaryl/α,β-unsaturated/α-hetero) is 1. The molecule has 3 nitrogen and oxygen atoms in total. The zero-order valence-corrected chi connectivity index (χ0v) is 6.72. The molecule has 0 saturated carbocycles. The van der Waals surface area contributed by atoms with Crippen LogP contribution >= 0.6 is 0 Å². The average Bonchev–Trinajstić information content (AvgIpc) is 2.03. The molecule has 0 spiro atoms. The lowest BCUT2D eigenvalue weighted by atomic mass is 9.98. The highest BCUT2D eigenvalue weighted by atomic mass is 16.3. The van der Waals surface area contributed by atoms with Gasteiger partial charge in [-0.25, -0.2) is 0 Å². The first-order valence-corrected chi connectivity index (χ1v) is 3.55. The van der Waals surface area contributed by atoms with Crippen LogP contribution in [-0.4, -0.2) is 28.2 Å². The first-order valence-electron chi connectivity index (χ1n) is 3.55. The molecular weight excluding hydrogens is 144 g/mol. The van der Waals surface area contributed by atoms with E-state index in [0.717, 1.165) is 0 Å². The van der Waals surface area contributed by atoms with Crippen molar-refractivity contribution in [2.45, 2.75) is 25.9 Å². The number of allylic oxidation sites excluding steroid dienone is 1. The van der Waals surface area contributed by atoms with Gasteiger partial charge in [-0.2, -0.15) is 0 Å². The van der Waals surface area contributed by atoms with Crippen LogP contribution in [0.2, 0.25) is 0 Å². The SMILES string of the molecule is CC1=C(CO)[C@@](C)(O)CC1=O. The van der Waals surface area contributed by atoms with Gasteiger partial charge in [0.25, 0.3) is 0 Å². The van der Waals surface area contributed by atoms with E-state index >= 15 is 0 Å². The molecule has 1 aliphatic carbocycles. The fraction of sp³-hybridized carbons (Fsp3) is 0.625. The van der Waals surface area contributed by atoms with Crippen molar-refractivity contribution in [2.75, 3.05) is 6.61 Å². The lowest BCUT2D eigenvalue weighted by Crippen LogP contribution is -2.25. The quantitative estimate of drug-likeness (QED) is 0.562. The standard InChI is InChI=1S/C8H12O3/c1-5-6(4-9)8(2,11)3-7(5)10/h9,11H,3-4H2,1-2H3/t8-/m0/s1. The fourth-order valence-corrected chi connectivity index (χ4v) is 1.41. The minimum Gasteiger partial charge on any atom is -0.392 e. The normalized spacial score (nSPS) is 31.8. The van der Waals surface area contributed by atoms with Gasteiger partial charge in [-0.05, 0) is 25.0 Å². The van der Waals surface area contributed by atoms with E-state index in [-0.39, 0.29) is 18.8 Å². The molecule has 0 heterocycles. The lowest BCUT2D eigenvalue weighted by molar-refractivity contribution is -0.117. The van der Waals surface area contributed by atoms with Gasteiger partial charge in [0, 0.05) is 6.42 Å². The van der Waals surface area contributed by atoms with E-state index < -0.39 is 5.60 Å². The van der Waals surface area contributed by atoms with Crippen LogP contribution in [-0.2, 0) is 4.79 Å². The number of aliphatic hydroxyl groups excluding tert-OH is 1. The van der Waals surface area contributed by atoms with Crippen molar-refractivity contribution in [3.05, 3.63) is 11.1 Å². The van der Waals surface area contributed by atoms with Crippen molar-refractivity contribution in [3.63, 3.8) is 0 Å². The molecule has 0 aromatic heterocycles. The van der Waals surface area contributed by atoms with Gasteiger partial charge < -0.3 is 10.2 Å². The number of aliphatic hydroxyl groups is 2. The van der Waals surface area contributed by atoms with Crippen LogP contribution in [0.3, 0.4) is 0 Å². The second kappa shape index (κ2) is 2.43. The highest BCUT2D eigenvalue weighted by Crippen LogP contribution is 2.31. The van der Waals surface area contributed by atoms with Gasteiger partial charge in [-0.1, -0.05) is 0 Å². The molecule has 0 radical (unpaired) electrons. The minimum absolute atomic E-state index is 0.0703. The Morgan fingerprint density at radius 2 is 2.18 bits per heavy atom. The summed E-state index contributed by atoms with van der Waals surface area (Å²) in [5, 5.41) is 18.4. The Morgan fingerprint density at radius 1 is 1.64 bits per heavy atom. The maximum atomic E-state index is 11.0. The molecule has 0 aromatic rings. The van der Waals surface area contributed by atoms with Crippen molar-refractivity contribution >= 4 is 5.78 Å². The van der Waals surface area contributed by atoms with Crippen LogP contribution in [0.25, 0.3) is 0 Å². The van der Waals surface area contributed by atoms with Gasteiger partial charge in [-0.3, -0.25) is 4.79 Å². The van der Waals surface area contributed by atoms with Gasteiger partial charge in [0.15, 0.2) is 5.78 Å². The summed E-state index contributed by atoms with van der Waals surface area (Å²) in [5.74, 6) is -0.0703. The van der Waals surface area contributed by atoms with Crippen molar-refractivity contribution in [3.8, 4) is 0 Å². The molecule has 11 heavy (non-hydrogen) atoms. The number of rotatable bonds is 1. The van der Waals surface area contributed by atoms with Crippen LogP contribution in [0, 0.1) is 0 Å². The number of carbonyl (C=O) groups excluding carboxylic acids is 1. The lowest BCUT2D eigenvalue weighted by Gasteiger charge is -2.18. The maximum Gasteiger partial charge on any atom is 0.161 e. The number of hydrogen-bond acceptors (Lipinski definition) is 3. The van der Waals surface area contributed by atoms with E-state index in [2.05, 4.69) is 0 Å². The van der Waals surface area contributed by atoms with E-state index in [0.29, 0.717) is 11.1 Å². The van der Waals surface area contributed by atoms with E-state index in [1.165, 1.54) is 0 Å². The molecule has 0 aliphatic heterocycles. The molecule has 2 N–H and O–H groups in total. The Hall–Kier alpha value is -0.670. The summed E-state index contributed by atoms with van der Waals surface area (Å²) in [6.45, 7) is 2.95. The predicted molar refractivity (Wildman–Crippen MR) is 40.0 cm³/mol. The molecule has 0 fully saturated rings. The summed E-state index contributed by atoms with van der Waals surface area (Å²) < 4.78 is 0. The smallest absolute Gasteiger partial charge is 0.161 e. The molecule has 62 valence electrons. The molecule has 1 rings (SSSR count). The van der Waals surface area contributed by atoms with Crippen molar-refractivity contribution in [1.82, 2.24) is 0 Å². The van der Waals surface area contributed by atoms with Gasteiger partial charge in [0.1, 0.15) is 0 Å². The molecule has 0 bridgehead atoms. The van der Waals surface area contributed by atoms with E-state index in [9.17, 15) is 9.90 Å². The zero-order valence-electron chi connectivity index (χ0n) is 6.72. The highest BCUT2D eigenvalue weighted by Gasteiger charge is 2.37. The van der Waals surface area contributed by atoms with Crippen LogP contribution in [0.5, 0.6) is 0 Å². The fourth-order valence-electron chi connectivity index (χ4n) is 1.41. The maximum absolute atomic E-state index is 11.0. The van der Waals surface area contributed by atoms with E-state index in [1.54, 1.807) is 13.8 Å². The third kappa shape index (κ3) is 1.21. The molecule has 1 atom stereocenters. The third-order valence-corrected chi connectivity index (χ3v) is 2.18. The number of carbonyl (C=O) groups is 1. The average molecular weight is 156 g/mol. The van der Waals surface area contributed by atoms with Crippen molar-refractivity contribution < 1.29 is 15.0 Å². The second-order valence-electron chi connectivity index (χ2n) is 3.14. The van der Waals surface area contributed by atoms with Gasteiger partial charge in [-0.15, -0.1) is 0 Å². The summed E-state index contributed by atoms with van der Waals surface area (Å²) in [5.41, 5.74) is -0.143. The number of ketones is 1. The largest absolute Gasteiger partial charge is 0.392 e. The second-order valence-corrected chi connectivity index (χ2v) is 3.14. The topological polar surface area (TPSA) is 57.5 Å². The van der Waals surface area contributed by atoms with Crippen LogP contribution in [0.1, 0.15) is 20.3 Å². The summed E-state index contributed by atoms with van der Waals surface area (Å²) in [4.78, 5) is 11.0. The first-order chi connectivity index (χ1) is 4.99. The van der Waals surface area contributed by atoms with Gasteiger partial charge in [0.05, 0.1) is 12.2 Å². The summed E-state index contributed by atoms with van der Waals surface area (Å²) in [6.07, 6.45) is 0.106. The molecular formula is C8H12O3. The Morgan fingerprint density at radius 3 is 2.36 bits per heavy atom. The molecule has 3 heteroatoms. The Balaban J connectivity index is 3.06. The van der Waals surface area contributed by atoms with Crippen molar-refractivity contribution in [1.29, 1.82) is 0 Å². The summed E-state index contributed by atoms with van der Waals surface area (Å²) in [7, 11) is 0. The Kier molecular flexibility index (Phi) is 1.86. The van der Waals surface area contributed by atoms with Crippen LogP contribution in [0.15, 0.2) is 11.1 Å². The van der Waals surface area contributed by atoms with Crippen LogP contribution in [0.4, 0.5) is 0 Å². The molecule has 1 aliphatic rings. The Labute approximate surface area is 65.3 Å².